The molecule has 2 unspecified atom stereocenters. The van der Waals surface area contributed by atoms with Gasteiger partial charge in [0.15, 0.2) is 0 Å². The van der Waals surface area contributed by atoms with Gasteiger partial charge in [-0.15, -0.1) is 0 Å². The number of benzene rings is 1. The zero-order chi connectivity index (χ0) is 14.8. The van der Waals surface area contributed by atoms with Gasteiger partial charge in [0.1, 0.15) is 12.1 Å². The van der Waals surface area contributed by atoms with Gasteiger partial charge in [0.05, 0.1) is 11.4 Å². The zero-order valence-corrected chi connectivity index (χ0v) is 11.8. The molecule has 2 heterocycles. The highest BCUT2D eigenvalue weighted by atomic mass is 16.2. The number of anilines is 2. The predicted octanol–water partition coefficient (Wildman–Crippen LogP) is 0.759. The molecule has 0 spiro atoms. The van der Waals surface area contributed by atoms with Crippen molar-refractivity contribution in [2.75, 3.05) is 23.7 Å². The standard InChI is InChI=1S/C15H20N4O2/c16-14(20)13-7-3-4-8-19(13)15(21)12-9-17-10-5-1-2-6-11(10)18-12/h1-2,5-6,12-13,17-18H,3-4,7-9H2,(H2,16,20). The molecule has 2 amide bonds. The van der Waals surface area contributed by atoms with E-state index in [1.165, 1.54) is 0 Å². The van der Waals surface area contributed by atoms with Crippen LogP contribution in [0.3, 0.4) is 0 Å². The molecule has 1 aromatic rings. The Bertz CT molecular complexity index is 560. The van der Waals surface area contributed by atoms with Crippen LogP contribution in [-0.2, 0) is 9.59 Å². The van der Waals surface area contributed by atoms with E-state index in [2.05, 4.69) is 10.6 Å². The first-order chi connectivity index (χ1) is 10.2. The lowest BCUT2D eigenvalue weighted by Gasteiger charge is -2.37. The molecule has 6 heteroatoms. The predicted molar refractivity (Wildman–Crippen MR) is 80.9 cm³/mol. The molecule has 0 aromatic heterocycles. The van der Waals surface area contributed by atoms with Gasteiger partial charge in [-0.1, -0.05) is 12.1 Å². The Balaban J connectivity index is 1.75. The van der Waals surface area contributed by atoms with Gasteiger partial charge in [-0.05, 0) is 31.4 Å². The van der Waals surface area contributed by atoms with Crippen LogP contribution in [0.1, 0.15) is 19.3 Å². The van der Waals surface area contributed by atoms with Gasteiger partial charge in [-0.3, -0.25) is 9.59 Å². The van der Waals surface area contributed by atoms with Crippen molar-refractivity contribution in [2.45, 2.75) is 31.3 Å². The van der Waals surface area contributed by atoms with Gasteiger partial charge in [-0.2, -0.15) is 0 Å². The van der Waals surface area contributed by atoms with Crippen molar-refractivity contribution in [1.82, 2.24) is 4.90 Å². The summed E-state index contributed by atoms with van der Waals surface area (Å²) in [5, 5.41) is 6.50. The molecule has 6 nitrogen and oxygen atoms in total. The maximum absolute atomic E-state index is 12.7. The Hall–Kier alpha value is -2.24. The average Bonchev–Trinajstić information content (AvgIpc) is 2.53. The van der Waals surface area contributed by atoms with E-state index < -0.39 is 11.9 Å². The lowest BCUT2D eigenvalue weighted by atomic mass is 10.00. The number of nitrogens with one attached hydrogen (secondary N) is 2. The van der Waals surface area contributed by atoms with E-state index in [9.17, 15) is 9.59 Å². The Morgan fingerprint density at radius 2 is 1.95 bits per heavy atom. The van der Waals surface area contributed by atoms with Crippen molar-refractivity contribution in [2.24, 2.45) is 5.73 Å². The van der Waals surface area contributed by atoms with Crippen molar-refractivity contribution in [3.05, 3.63) is 24.3 Å². The number of carbonyl (C=O) groups excluding carboxylic acids is 2. The fourth-order valence-electron chi connectivity index (χ4n) is 3.05. The second kappa shape index (κ2) is 5.63. The molecule has 2 aliphatic heterocycles. The summed E-state index contributed by atoms with van der Waals surface area (Å²) in [4.78, 5) is 25.9. The molecule has 4 N–H and O–H groups in total. The number of nitrogens with zero attached hydrogens (tertiary/aromatic N) is 1. The highest BCUT2D eigenvalue weighted by molar-refractivity contribution is 5.92. The Morgan fingerprint density at radius 1 is 1.19 bits per heavy atom. The second-order valence-corrected chi connectivity index (χ2v) is 5.57. The number of piperidine rings is 1. The molecule has 0 bridgehead atoms. The number of carbonyl (C=O) groups is 2. The summed E-state index contributed by atoms with van der Waals surface area (Å²) in [5.41, 5.74) is 7.34. The van der Waals surface area contributed by atoms with Crippen LogP contribution in [0.5, 0.6) is 0 Å². The Kier molecular flexibility index (Phi) is 3.68. The topological polar surface area (TPSA) is 87.5 Å². The minimum Gasteiger partial charge on any atom is -0.381 e. The summed E-state index contributed by atoms with van der Waals surface area (Å²) in [6.45, 7) is 1.12. The molecule has 1 fully saturated rings. The molecule has 1 saturated heterocycles. The summed E-state index contributed by atoms with van der Waals surface area (Å²) < 4.78 is 0. The Labute approximate surface area is 123 Å². The van der Waals surface area contributed by atoms with Crippen molar-refractivity contribution in [3.63, 3.8) is 0 Å². The van der Waals surface area contributed by atoms with Crippen molar-refractivity contribution >= 4 is 23.2 Å². The molecule has 112 valence electrons. The molecule has 0 radical (unpaired) electrons. The summed E-state index contributed by atoms with van der Waals surface area (Å²) >= 11 is 0. The van der Waals surface area contributed by atoms with Crippen LogP contribution in [0, 0.1) is 0 Å². The number of para-hydroxylation sites is 2. The fourth-order valence-corrected chi connectivity index (χ4v) is 3.05. The van der Waals surface area contributed by atoms with Crippen LogP contribution in [-0.4, -0.2) is 41.9 Å². The van der Waals surface area contributed by atoms with E-state index in [1.807, 2.05) is 24.3 Å². The van der Waals surface area contributed by atoms with E-state index in [0.29, 0.717) is 19.5 Å². The number of amides is 2. The van der Waals surface area contributed by atoms with Crippen molar-refractivity contribution < 1.29 is 9.59 Å². The smallest absolute Gasteiger partial charge is 0.247 e. The number of hydrogen-bond donors (Lipinski definition) is 3. The number of likely N-dealkylation sites (tertiary alicyclic amines) is 1. The molecule has 0 saturated carbocycles. The minimum absolute atomic E-state index is 0.0551. The maximum atomic E-state index is 12.7. The second-order valence-electron chi connectivity index (χ2n) is 5.57. The first-order valence-corrected chi connectivity index (χ1v) is 7.36. The van der Waals surface area contributed by atoms with Crippen LogP contribution in [0.4, 0.5) is 11.4 Å². The number of nitrogens with two attached hydrogens (primary N) is 1. The van der Waals surface area contributed by atoms with Crippen LogP contribution in [0.15, 0.2) is 24.3 Å². The fraction of sp³-hybridized carbons (Fsp3) is 0.467. The third kappa shape index (κ3) is 2.66. The van der Waals surface area contributed by atoms with Crippen LogP contribution in [0.25, 0.3) is 0 Å². The average molecular weight is 288 g/mol. The first-order valence-electron chi connectivity index (χ1n) is 7.36. The third-order valence-electron chi connectivity index (χ3n) is 4.17. The molecule has 0 aliphatic carbocycles. The first kappa shape index (κ1) is 13.7. The highest BCUT2D eigenvalue weighted by Crippen LogP contribution is 2.27. The van der Waals surface area contributed by atoms with E-state index in [0.717, 1.165) is 24.2 Å². The number of fused-ring (bicyclic) bond motifs is 1. The quantitative estimate of drug-likeness (QED) is 0.749. The number of rotatable bonds is 2. The highest BCUT2D eigenvalue weighted by Gasteiger charge is 2.35. The lowest BCUT2D eigenvalue weighted by Crippen LogP contribution is -2.56. The monoisotopic (exact) mass is 288 g/mol. The van der Waals surface area contributed by atoms with Crippen LogP contribution in [0.2, 0.25) is 0 Å². The molecule has 2 aliphatic rings. The summed E-state index contributed by atoms with van der Waals surface area (Å²) in [6.07, 6.45) is 2.53. The van der Waals surface area contributed by atoms with Crippen LogP contribution < -0.4 is 16.4 Å². The summed E-state index contributed by atoms with van der Waals surface area (Å²) in [6, 6.07) is 6.95. The molecule has 2 atom stereocenters. The van der Waals surface area contributed by atoms with Crippen molar-refractivity contribution in [1.29, 1.82) is 0 Å². The molecule has 1 aromatic carbocycles. The normalized spacial score (nSPS) is 24.5. The molecular weight excluding hydrogens is 268 g/mol. The van der Waals surface area contributed by atoms with Gasteiger partial charge >= 0.3 is 0 Å². The van der Waals surface area contributed by atoms with Gasteiger partial charge in [0, 0.05) is 13.1 Å². The third-order valence-corrected chi connectivity index (χ3v) is 4.17. The largest absolute Gasteiger partial charge is 0.381 e. The van der Waals surface area contributed by atoms with Gasteiger partial charge < -0.3 is 21.3 Å². The van der Waals surface area contributed by atoms with Crippen LogP contribution >= 0.6 is 0 Å². The number of hydrogen-bond acceptors (Lipinski definition) is 4. The molecule has 21 heavy (non-hydrogen) atoms. The molecular formula is C15H20N4O2. The summed E-state index contributed by atoms with van der Waals surface area (Å²) in [7, 11) is 0. The maximum Gasteiger partial charge on any atom is 0.247 e. The lowest BCUT2D eigenvalue weighted by molar-refractivity contribution is -0.141. The van der Waals surface area contributed by atoms with Gasteiger partial charge in [0.2, 0.25) is 11.8 Å². The minimum atomic E-state index is -0.467. The Morgan fingerprint density at radius 3 is 2.71 bits per heavy atom. The number of primary amides is 1. The molecule has 3 rings (SSSR count). The van der Waals surface area contributed by atoms with Crippen molar-refractivity contribution in [3.8, 4) is 0 Å². The SMILES string of the molecule is NC(=O)C1CCCCN1C(=O)C1CNc2ccccc2N1. The summed E-state index contributed by atoms with van der Waals surface area (Å²) in [5.74, 6) is -0.465. The van der Waals surface area contributed by atoms with E-state index >= 15 is 0 Å². The van der Waals surface area contributed by atoms with Gasteiger partial charge in [0.25, 0.3) is 0 Å². The van der Waals surface area contributed by atoms with Gasteiger partial charge in [-0.25, -0.2) is 0 Å². The van der Waals surface area contributed by atoms with E-state index in [1.54, 1.807) is 4.90 Å². The van der Waals surface area contributed by atoms with E-state index in [4.69, 9.17) is 5.73 Å². The zero-order valence-electron chi connectivity index (χ0n) is 11.8. The van der Waals surface area contributed by atoms with E-state index in [-0.39, 0.29) is 11.9 Å².